The Kier molecular flexibility index (Phi) is 2.90. The number of benzene rings is 2. The smallest absolute Gasteiger partial charge is 0.151 e. The fourth-order valence-corrected chi connectivity index (χ4v) is 2.30. The molecule has 3 rings (SSSR count). The number of fused-ring (bicyclic) bond motifs is 1. The highest BCUT2D eigenvalue weighted by atomic mass is 16.3. The maximum Gasteiger partial charge on any atom is 0.151 e. The molecule has 0 fully saturated rings. The summed E-state index contributed by atoms with van der Waals surface area (Å²) in [5, 5.41) is 31.6. The van der Waals surface area contributed by atoms with Gasteiger partial charge in [-0.15, -0.1) is 0 Å². The largest absolute Gasteiger partial charge is 0.508 e. The first kappa shape index (κ1) is 12.3. The van der Waals surface area contributed by atoms with Crippen molar-refractivity contribution in [3.8, 4) is 11.8 Å². The van der Waals surface area contributed by atoms with Gasteiger partial charge in [-0.25, -0.2) is 0 Å². The molecule has 1 aliphatic rings. The van der Waals surface area contributed by atoms with Crippen molar-refractivity contribution in [2.75, 3.05) is 0 Å². The minimum Gasteiger partial charge on any atom is -0.508 e. The Bertz CT molecular complexity index is 727. The minimum absolute atomic E-state index is 0.184. The van der Waals surface area contributed by atoms with Crippen LogP contribution >= 0.6 is 0 Å². The first-order chi connectivity index (χ1) is 9.69. The highest BCUT2D eigenvalue weighted by molar-refractivity contribution is 5.85. The third-order valence-electron chi connectivity index (χ3n) is 3.31. The zero-order valence-electron chi connectivity index (χ0n) is 10.5. The van der Waals surface area contributed by atoms with Crippen LogP contribution in [-0.2, 0) is 0 Å². The van der Waals surface area contributed by atoms with Crippen molar-refractivity contribution in [2.45, 2.75) is 6.23 Å². The SMILES string of the molecule is N#Cc1cccc2c1C=C(c1ccc(O)cc1)NC2O. The van der Waals surface area contributed by atoms with Crippen molar-refractivity contribution in [3.63, 3.8) is 0 Å². The van der Waals surface area contributed by atoms with Gasteiger partial charge in [-0.05, 0) is 42.0 Å². The van der Waals surface area contributed by atoms with Crippen LogP contribution in [0, 0.1) is 11.3 Å². The van der Waals surface area contributed by atoms with Gasteiger partial charge in [0.15, 0.2) is 6.23 Å². The van der Waals surface area contributed by atoms with Crippen LogP contribution in [0.25, 0.3) is 11.8 Å². The standard InChI is InChI=1S/C16H12N2O2/c17-9-11-2-1-3-13-14(11)8-15(18-16(13)20)10-4-6-12(19)7-5-10/h1-8,16,18-20H. The molecule has 2 aromatic carbocycles. The van der Waals surface area contributed by atoms with Crippen LogP contribution in [0.1, 0.15) is 28.5 Å². The molecule has 1 heterocycles. The van der Waals surface area contributed by atoms with Crippen LogP contribution in [0.2, 0.25) is 0 Å². The molecule has 0 radical (unpaired) electrons. The average Bonchev–Trinajstić information content (AvgIpc) is 2.47. The normalized spacial score (nSPS) is 16.6. The molecule has 0 spiro atoms. The van der Waals surface area contributed by atoms with Crippen molar-refractivity contribution in [1.29, 1.82) is 5.26 Å². The summed E-state index contributed by atoms with van der Waals surface area (Å²) in [7, 11) is 0. The number of rotatable bonds is 1. The van der Waals surface area contributed by atoms with Gasteiger partial charge in [-0.1, -0.05) is 12.1 Å². The number of aromatic hydroxyl groups is 1. The summed E-state index contributed by atoms with van der Waals surface area (Å²) in [4.78, 5) is 0. The molecule has 2 aromatic rings. The third-order valence-corrected chi connectivity index (χ3v) is 3.31. The van der Waals surface area contributed by atoms with Crippen LogP contribution in [0.15, 0.2) is 42.5 Å². The van der Waals surface area contributed by atoms with Gasteiger partial charge >= 0.3 is 0 Å². The molecular weight excluding hydrogens is 252 g/mol. The second-order valence-electron chi connectivity index (χ2n) is 4.57. The Labute approximate surface area is 116 Å². The van der Waals surface area contributed by atoms with Gasteiger partial charge in [-0.3, -0.25) is 0 Å². The monoisotopic (exact) mass is 264 g/mol. The summed E-state index contributed by atoms with van der Waals surface area (Å²) in [6.45, 7) is 0. The van der Waals surface area contributed by atoms with Crippen molar-refractivity contribution in [3.05, 3.63) is 64.7 Å². The van der Waals surface area contributed by atoms with E-state index in [0.717, 1.165) is 11.1 Å². The van der Waals surface area contributed by atoms with E-state index in [1.807, 2.05) is 6.08 Å². The third kappa shape index (κ3) is 2.00. The number of nitriles is 1. The number of aliphatic hydroxyl groups is 1. The summed E-state index contributed by atoms with van der Waals surface area (Å²) in [5.41, 5.74) is 3.49. The molecule has 1 atom stereocenters. The summed E-state index contributed by atoms with van der Waals surface area (Å²) in [6.07, 6.45) is 0.986. The molecule has 0 saturated heterocycles. The Balaban J connectivity index is 2.13. The molecule has 98 valence electrons. The molecule has 0 aromatic heterocycles. The first-order valence-corrected chi connectivity index (χ1v) is 6.18. The number of hydrogen-bond donors (Lipinski definition) is 3. The Morgan fingerprint density at radius 1 is 1.10 bits per heavy atom. The molecule has 0 amide bonds. The predicted octanol–water partition coefficient (Wildman–Crippen LogP) is 2.36. The van der Waals surface area contributed by atoms with Gasteiger partial charge in [0.05, 0.1) is 11.6 Å². The molecule has 1 aliphatic heterocycles. The highest BCUT2D eigenvalue weighted by Crippen LogP contribution is 2.31. The molecule has 0 saturated carbocycles. The van der Waals surface area contributed by atoms with Gasteiger partial charge in [0.25, 0.3) is 0 Å². The number of aliphatic hydroxyl groups excluding tert-OH is 1. The lowest BCUT2D eigenvalue weighted by molar-refractivity contribution is 0.158. The lowest BCUT2D eigenvalue weighted by atomic mass is 9.95. The number of hydrogen-bond acceptors (Lipinski definition) is 4. The van der Waals surface area contributed by atoms with Gasteiger partial charge in [0.1, 0.15) is 5.75 Å². The summed E-state index contributed by atoms with van der Waals surface area (Å²) >= 11 is 0. The lowest BCUT2D eigenvalue weighted by Crippen LogP contribution is -2.24. The van der Waals surface area contributed by atoms with Crippen LogP contribution < -0.4 is 5.32 Å². The quantitative estimate of drug-likeness (QED) is 0.739. The van der Waals surface area contributed by atoms with Crippen molar-refractivity contribution in [2.24, 2.45) is 0 Å². The summed E-state index contributed by atoms with van der Waals surface area (Å²) < 4.78 is 0. The second kappa shape index (κ2) is 4.72. The highest BCUT2D eigenvalue weighted by Gasteiger charge is 2.20. The van der Waals surface area contributed by atoms with Crippen LogP contribution in [-0.4, -0.2) is 10.2 Å². The molecule has 3 N–H and O–H groups in total. The zero-order valence-corrected chi connectivity index (χ0v) is 10.5. The van der Waals surface area contributed by atoms with Crippen LogP contribution in [0.4, 0.5) is 0 Å². The van der Waals surface area contributed by atoms with E-state index in [2.05, 4.69) is 11.4 Å². The van der Waals surface area contributed by atoms with Gasteiger partial charge in [0, 0.05) is 16.8 Å². The average molecular weight is 264 g/mol. The van der Waals surface area contributed by atoms with Crippen LogP contribution in [0.5, 0.6) is 5.75 Å². The Morgan fingerprint density at radius 2 is 1.85 bits per heavy atom. The topological polar surface area (TPSA) is 76.3 Å². The van der Waals surface area contributed by atoms with Gasteiger partial charge < -0.3 is 15.5 Å². The second-order valence-corrected chi connectivity index (χ2v) is 4.57. The van der Waals surface area contributed by atoms with E-state index in [-0.39, 0.29) is 5.75 Å². The molecule has 1 unspecified atom stereocenters. The molecule has 20 heavy (non-hydrogen) atoms. The molecular formula is C16H12N2O2. The Hall–Kier alpha value is -2.77. The molecule has 4 nitrogen and oxygen atoms in total. The van der Waals surface area contributed by atoms with Gasteiger partial charge in [0.2, 0.25) is 0 Å². The number of phenolic OH excluding ortho intramolecular Hbond substituents is 1. The first-order valence-electron chi connectivity index (χ1n) is 6.18. The van der Waals surface area contributed by atoms with E-state index < -0.39 is 6.23 Å². The maximum absolute atomic E-state index is 10.2. The predicted molar refractivity (Wildman–Crippen MR) is 75.2 cm³/mol. The summed E-state index contributed by atoms with van der Waals surface area (Å²) in [5.74, 6) is 0.184. The number of phenols is 1. The molecule has 0 aliphatic carbocycles. The van der Waals surface area contributed by atoms with E-state index >= 15 is 0 Å². The van der Waals surface area contributed by atoms with E-state index in [9.17, 15) is 10.2 Å². The number of nitrogens with zero attached hydrogens (tertiary/aromatic N) is 1. The fraction of sp³-hybridized carbons (Fsp3) is 0.0625. The van der Waals surface area contributed by atoms with Crippen LogP contribution in [0.3, 0.4) is 0 Å². The fourth-order valence-electron chi connectivity index (χ4n) is 2.30. The maximum atomic E-state index is 10.2. The van der Waals surface area contributed by atoms with Gasteiger partial charge in [-0.2, -0.15) is 5.26 Å². The Morgan fingerprint density at radius 3 is 2.55 bits per heavy atom. The van der Waals surface area contributed by atoms with Crippen molar-refractivity contribution < 1.29 is 10.2 Å². The van der Waals surface area contributed by atoms with E-state index in [1.54, 1.807) is 42.5 Å². The van der Waals surface area contributed by atoms with Crippen molar-refractivity contribution >= 4 is 11.8 Å². The molecule has 0 bridgehead atoms. The van der Waals surface area contributed by atoms with E-state index in [4.69, 9.17) is 5.26 Å². The van der Waals surface area contributed by atoms with Crippen molar-refractivity contribution in [1.82, 2.24) is 5.32 Å². The summed E-state index contributed by atoms with van der Waals surface area (Å²) in [6, 6.07) is 14.1. The van der Waals surface area contributed by atoms with E-state index in [0.29, 0.717) is 16.8 Å². The number of nitrogens with one attached hydrogen (secondary N) is 1. The lowest BCUT2D eigenvalue weighted by Gasteiger charge is -2.25. The molecule has 4 heteroatoms. The zero-order chi connectivity index (χ0) is 14.1. The van der Waals surface area contributed by atoms with E-state index in [1.165, 1.54) is 0 Å². The minimum atomic E-state index is -0.855.